The average molecular weight is 811 g/mol. The van der Waals surface area contributed by atoms with Crippen molar-refractivity contribution < 1.29 is 49.0 Å². The molecule has 1 rings (SSSR count). The summed E-state index contributed by atoms with van der Waals surface area (Å²) >= 11 is 0. The lowest BCUT2D eigenvalue weighted by Crippen LogP contribution is -2.59. The maximum absolute atomic E-state index is 12.8. The van der Waals surface area contributed by atoms with Crippen molar-refractivity contribution in [1.82, 2.24) is 0 Å². The van der Waals surface area contributed by atoms with Gasteiger partial charge in [0.25, 0.3) is 0 Å². The molecule has 6 atom stereocenters. The summed E-state index contributed by atoms with van der Waals surface area (Å²) in [6, 6.07) is 0. The van der Waals surface area contributed by atoms with Crippen LogP contribution in [0.3, 0.4) is 0 Å². The van der Waals surface area contributed by atoms with Gasteiger partial charge in [-0.3, -0.25) is 9.59 Å². The highest BCUT2D eigenvalue weighted by atomic mass is 16.7. The van der Waals surface area contributed by atoms with Gasteiger partial charge in [0.05, 0.1) is 13.2 Å². The van der Waals surface area contributed by atoms with E-state index in [0.29, 0.717) is 6.42 Å². The first-order valence-corrected chi connectivity index (χ1v) is 23.5. The van der Waals surface area contributed by atoms with Crippen LogP contribution in [-0.4, -0.2) is 89.0 Å². The lowest BCUT2D eigenvalue weighted by molar-refractivity contribution is -0.305. The predicted octanol–water partition coefficient (Wildman–Crippen LogP) is 10.1. The van der Waals surface area contributed by atoms with Crippen molar-refractivity contribution in [2.24, 2.45) is 0 Å². The van der Waals surface area contributed by atoms with E-state index in [-0.39, 0.29) is 32.0 Å². The number of aliphatic hydroxyl groups is 4. The van der Waals surface area contributed by atoms with Crippen LogP contribution in [0.1, 0.15) is 213 Å². The van der Waals surface area contributed by atoms with E-state index < -0.39 is 49.4 Å². The minimum absolute atomic E-state index is 0.213. The minimum Gasteiger partial charge on any atom is -0.462 e. The van der Waals surface area contributed by atoms with Gasteiger partial charge < -0.3 is 39.4 Å². The second-order valence-corrected chi connectivity index (χ2v) is 16.3. The fourth-order valence-electron chi connectivity index (χ4n) is 7.17. The van der Waals surface area contributed by atoms with Gasteiger partial charge in [0.15, 0.2) is 12.4 Å². The van der Waals surface area contributed by atoms with Crippen LogP contribution in [0.25, 0.3) is 0 Å². The molecule has 4 N–H and O–H groups in total. The largest absolute Gasteiger partial charge is 0.462 e. The van der Waals surface area contributed by atoms with Gasteiger partial charge in [0, 0.05) is 12.8 Å². The Morgan fingerprint density at radius 2 is 0.982 bits per heavy atom. The van der Waals surface area contributed by atoms with Gasteiger partial charge in [0.2, 0.25) is 0 Å². The van der Waals surface area contributed by atoms with Crippen LogP contribution < -0.4 is 0 Å². The van der Waals surface area contributed by atoms with E-state index in [4.69, 9.17) is 18.9 Å². The lowest BCUT2D eigenvalue weighted by atomic mass is 9.99. The molecule has 10 nitrogen and oxygen atoms in total. The fourth-order valence-corrected chi connectivity index (χ4v) is 7.17. The standard InChI is InChI=1S/C47H86O10/c1-3-5-7-9-11-13-15-17-19-20-22-23-25-27-29-31-33-35-42(49)54-38-40(39-55-47-46(53)45(52)44(51)41(37-48)57-47)56-43(50)36-34-32-30-28-26-24-21-18-16-14-12-10-8-6-4-2/h16,21,40-41,44-48,51-53H,3-15,17,19-20,22-39H2,1-2H3/t18?,40-,41-,44+,45?,46?,47-/m0/s1. The summed E-state index contributed by atoms with van der Waals surface area (Å²) in [7, 11) is 0. The molecule has 57 heavy (non-hydrogen) atoms. The average Bonchev–Trinajstić information content (AvgIpc) is 3.21. The van der Waals surface area contributed by atoms with Crippen LogP contribution in [0.5, 0.6) is 0 Å². The van der Waals surface area contributed by atoms with E-state index in [0.717, 1.165) is 57.8 Å². The Balaban J connectivity index is 2.31. The normalized spacial score (nSPS) is 19.9. The van der Waals surface area contributed by atoms with Crippen LogP contribution >= 0.6 is 0 Å². The molecule has 10 heteroatoms. The van der Waals surface area contributed by atoms with Gasteiger partial charge >= 0.3 is 11.9 Å². The lowest BCUT2D eigenvalue weighted by Gasteiger charge is -2.39. The Kier molecular flexibility index (Phi) is 35.9. The van der Waals surface area contributed by atoms with Crippen molar-refractivity contribution in [2.45, 2.75) is 250 Å². The number of hydrogen-bond acceptors (Lipinski definition) is 10. The van der Waals surface area contributed by atoms with Crippen LogP contribution in [0.15, 0.2) is 17.9 Å². The van der Waals surface area contributed by atoms with E-state index in [1.807, 2.05) is 0 Å². The summed E-state index contributed by atoms with van der Waals surface area (Å²) in [5, 5.41) is 40.1. The second-order valence-electron chi connectivity index (χ2n) is 16.3. The summed E-state index contributed by atoms with van der Waals surface area (Å²) in [6.45, 7) is 3.41. The van der Waals surface area contributed by atoms with Crippen molar-refractivity contribution in [3.05, 3.63) is 17.9 Å². The molecule has 0 bridgehead atoms. The van der Waals surface area contributed by atoms with E-state index in [1.165, 1.54) is 122 Å². The van der Waals surface area contributed by atoms with Crippen molar-refractivity contribution in [3.8, 4) is 0 Å². The maximum Gasteiger partial charge on any atom is 0.306 e. The molecule has 1 saturated heterocycles. The Labute approximate surface area is 347 Å². The molecule has 1 aliphatic rings. The monoisotopic (exact) mass is 811 g/mol. The van der Waals surface area contributed by atoms with Gasteiger partial charge in [-0.2, -0.15) is 0 Å². The number of allylic oxidation sites excluding steroid dienone is 1. The molecule has 0 radical (unpaired) electrons. The zero-order chi connectivity index (χ0) is 41.6. The summed E-state index contributed by atoms with van der Waals surface area (Å²) in [6.07, 6.45) is 31.4. The molecule has 2 unspecified atom stereocenters. The Bertz CT molecular complexity index is 997. The van der Waals surface area contributed by atoms with Gasteiger partial charge in [-0.15, -0.1) is 5.73 Å². The quantitative estimate of drug-likeness (QED) is 0.0268. The topological polar surface area (TPSA) is 152 Å². The molecule has 334 valence electrons. The number of unbranched alkanes of at least 4 members (excludes halogenated alkanes) is 26. The first kappa shape index (κ1) is 53.2. The number of carbonyl (C=O) groups is 2. The number of aliphatic hydroxyl groups excluding tert-OH is 4. The van der Waals surface area contributed by atoms with Crippen molar-refractivity contribution in [1.29, 1.82) is 0 Å². The number of esters is 2. The molecule has 0 aromatic heterocycles. The van der Waals surface area contributed by atoms with Gasteiger partial charge in [0.1, 0.15) is 31.0 Å². The third-order valence-corrected chi connectivity index (χ3v) is 10.9. The molecular weight excluding hydrogens is 725 g/mol. The Hall–Kier alpha value is -1.78. The number of rotatable bonds is 39. The molecule has 1 fully saturated rings. The third kappa shape index (κ3) is 30.0. The van der Waals surface area contributed by atoms with Crippen molar-refractivity contribution in [3.63, 3.8) is 0 Å². The van der Waals surface area contributed by atoms with Gasteiger partial charge in [-0.05, 0) is 50.7 Å². The van der Waals surface area contributed by atoms with Gasteiger partial charge in [-0.25, -0.2) is 0 Å². The van der Waals surface area contributed by atoms with E-state index in [9.17, 15) is 30.0 Å². The molecule has 0 aromatic rings. The highest BCUT2D eigenvalue weighted by Crippen LogP contribution is 2.23. The van der Waals surface area contributed by atoms with Crippen LogP contribution in [0.2, 0.25) is 0 Å². The fraction of sp³-hybridized carbons (Fsp3) is 0.894. The molecule has 0 spiro atoms. The maximum atomic E-state index is 12.8. The highest BCUT2D eigenvalue weighted by Gasteiger charge is 2.44. The van der Waals surface area contributed by atoms with Crippen LogP contribution in [0.4, 0.5) is 0 Å². The number of ether oxygens (including phenoxy) is 4. The van der Waals surface area contributed by atoms with E-state index >= 15 is 0 Å². The zero-order valence-electron chi connectivity index (χ0n) is 36.4. The molecule has 1 aliphatic heterocycles. The van der Waals surface area contributed by atoms with Crippen LogP contribution in [-0.2, 0) is 28.5 Å². The first-order valence-electron chi connectivity index (χ1n) is 23.5. The molecule has 0 amide bonds. The second kappa shape index (κ2) is 38.4. The van der Waals surface area contributed by atoms with Crippen LogP contribution in [0, 0.1) is 0 Å². The first-order chi connectivity index (χ1) is 27.8. The van der Waals surface area contributed by atoms with E-state index in [2.05, 4.69) is 31.7 Å². The van der Waals surface area contributed by atoms with E-state index in [1.54, 1.807) is 0 Å². The Morgan fingerprint density at radius 1 is 0.561 bits per heavy atom. The molecule has 0 saturated carbocycles. The summed E-state index contributed by atoms with van der Waals surface area (Å²) < 4.78 is 22.2. The Morgan fingerprint density at radius 3 is 1.44 bits per heavy atom. The minimum atomic E-state index is -1.60. The number of carbonyl (C=O) groups excluding carboxylic acids is 2. The summed E-state index contributed by atoms with van der Waals surface area (Å²) in [4.78, 5) is 25.3. The zero-order valence-corrected chi connectivity index (χ0v) is 36.4. The summed E-state index contributed by atoms with van der Waals surface area (Å²) in [5.41, 5.74) is 3.30. The number of hydrogen-bond donors (Lipinski definition) is 4. The molecule has 1 heterocycles. The molecule has 0 aromatic carbocycles. The van der Waals surface area contributed by atoms with Crippen molar-refractivity contribution >= 4 is 11.9 Å². The predicted molar refractivity (Wildman–Crippen MR) is 228 cm³/mol. The SMILES string of the molecule is CCCCCCCC=C=CCCCCCCCC(=O)O[C@@H](COC(=O)CCCCCCCCCCCCCCCCCCC)CO[C@H]1O[C@@H](CO)[C@@H](O)C(O)C1O. The summed E-state index contributed by atoms with van der Waals surface area (Å²) in [5.74, 6) is -0.818. The molecular formula is C47H86O10. The third-order valence-electron chi connectivity index (χ3n) is 10.9. The smallest absolute Gasteiger partial charge is 0.306 e. The highest BCUT2D eigenvalue weighted by molar-refractivity contribution is 5.70. The molecule has 0 aliphatic carbocycles. The van der Waals surface area contributed by atoms with Crippen molar-refractivity contribution in [2.75, 3.05) is 19.8 Å². The van der Waals surface area contributed by atoms with Gasteiger partial charge in [-0.1, -0.05) is 162 Å².